The van der Waals surface area contributed by atoms with Crippen molar-refractivity contribution in [1.82, 2.24) is 4.72 Å². The molecule has 0 heterocycles. The fourth-order valence-corrected chi connectivity index (χ4v) is 2.64. The predicted octanol–water partition coefficient (Wildman–Crippen LogP) is 0.239. The van der Waals surface area contributed by atoms with Gasteiger partial charge < -0.3 is 10.5 Å². The molecule has 0 bridgehead atoms. The molecular weight excluding hydrogens is 275 g/mol. The third kappa shape index (κ3) is 3.98. The van der Waals surface area contributed by atoms with Crippen molar-refractivity contribution in [3.63, 3.8) is 0 Å². The highest BCUT2D eigenvalue weighted by molar-refractivity contribution is 7.89. The van der Waals surface area contributed by atoms with E-state index < -0.39 is 21.8 Å². The third-order valence-electron chi connectivity index (χ3n) is 2.31. The minimum atomic E-state index is -3.91. The van der Waals surface area contributed by atoms with Crippen molar-refractivity contribution in [2.75, 3.05) is 20.2 Å². The molecule has 0 aromatic heterocycles. The number of rotatable bonds is 6. The monoisotopic (exact) mass is 290 g/mol. The zero-order valence-corrected chi connectivity index (χ0v) is 11.2. The summed E-state index contributed by atoms with van der Waals surface area (Å²) in [5.74, 6) is -1.64. The van der Waals surface area contributed by atoms with E-state index in [0.29, 0.717) is 13.0 Å². The second-order valence-corrected chi connectivity index (χ2v) is 5.41. The van der Waals surface area contributed by atoms with E-state index in [1.54, 1.807) is 0 Å². The van der Waals surface area contributed by atoms with E-state index in [9.17, 15) is 17.6 Å². The Morgan fingerprint density at radius 2 is 2.16 bits per heavy atom. The summed E-state index contributed by atoms with van der Waals surface area (Å²) in [6.45, 7) is 0.465. The van der Waals surface area contributed by atoms with Gasteiger partial charge in [-0.05, 0) is 31.2 Å². The van der Waals surface area contributed by atoms with Crippen molar-refractivity contribution < 1.29 is 22.3 Å². The molecule has 0 spiro atoms. The number of methoxy groups -OCH3 is 1. The number of nitrogens with two attached hydrogens (primary N) is 1. The quantitative estimate of drug-likeness (QED) is 0.577. The second kappa shape index (κ2) is 6.60. The van der Waals surface area contributed by atoms with Crippen LogP contribution in [0.15, 0.2) is 23.1 Å². The smallest absolute Gasteiger partial charge is 0.339 e. The first-order valence-corrected chi connectivity index (χ1v) is 6.98. The second-order valence-electron chi connectivity index (χ2n) is 3.67. The fraction of sp³-hybridized carbons (Fsp3) is 0.364. The minimum Gasteiger partial charge on any atom is -0.465 e. The topological polar surface area (TPSA) is 98.5 Å². The van der Waals surface area contributed by atoms with E-state index in [2.05, 4.69) is 9.46 Å². The lowest BCUT2D eigenvalue weighted by Gasteiger charge is -2.10. The van der Waals surface area contributed by atoms with E-state index in [4.69, 9.17) is 5.73 Å². The van der Waals surface area contributed by atoms with Crippen molar-refractivity contribution in [2.24, 2.45) is 5.73 Å². The van der Waals surface area contributed by atoms with Gasteiger partial charge in [0.2, 0.25) is 10.0 Å². The van der Waals surface area contributed by atoms with Gasteiger partial charge in [0.25, 0.3) is 0 Å². The Morgan fingerprint density at radius 3 is 2.74 bits per heavy atom. The predicted molar refractivity (Wildman–Crippen MR) is 66.6 cm³/mol. The van der Waals surface area contributed by atoms with Gasteiger partial charge in [0.1, 0.15) is 5.82 Å². The van der Waals surface area contributed by atoms with Crippen LogP contribution in [-0.2, 0) is 14.8 Å². The van der Waals surface area contributed by atoms with E-state index in [-0.39, 0.29) is 17.0 Å². The number of benzene rings is 1. The summed E-state index contributed by atoms with van der Waals surface area (Å²) in [6.07, 6.45) is 0.452. The first kappa shape index (κ1) is 15.5. The highest BCUT2D eigenvalue weighted by Crippen LogP contribution is 2.18. The van der Waals surface area contributed by atoms with Gasteiger partial charge in [0.15, 0.2) is 0 Å². The summed E-state index contributed by atoms with van der Waals surface area (Å²) in [5, 5.41) is 0. The molecule has 106 valence electrons. The molecule has 0 unspecified atom stereocenters. The molecular formula is C11H15FN2O4S. The molecule has 0 aliphatic heterocycles. The molecule has 0 aliphatic carbocycles. The maximum atomic E-state index is 13.1. The summed E-state index contributed by atoms with van der Waals surface area (Å²) < 4.78 is 43.8. The maximum Gasteiger partial charge on any atom is 0.339 e. The van der Waals surface area contributed by atoms with Crippen LogP contribution in [0.3, 0.4) is 0 Å². The number of carbonyl (C=O) groups excluding carboxylic acids is 1. The number of hydrogen-bond donors (Lipinski definition) is 2. The number of ether oxygens (including phenoxy) is 1. The maximum absolute atomic E-state index is 13.1. The summed E-state index contributed by atoms with van der Waals surface area (Å²) in [6, 6.07) is 2.81. The molecule has 0 radical (unpaired) electrons. The largest absolute Gasteiger partial charge is 0.465 e. The van der Waals surface area contributed by atoms with Crippen LogP contribution >= 0.6 is 0 Å². The zero-order chi connectivity index (χ0) is 14.5. The summed E-state index contributed by atoms with van der Waals surface area (Å²) in [7, 11) is -2.82. The van der Waals surface area contributed by atoms with Gasteiger partial charge in [0.05, 0.1) is 17.6 Å². The number of sulfonamides is 1. The summed E-state index contributed by atoms with van der Waals surface area (Å²) in [4.78, 5) is 11.1. The van der Waals surface area contributed by atoms with Crippen molar-refractivity contribution >= 4 is 16.0 Å². The molecule has 0 aliphatic rings. The minimum absolute atomic E-state index is 0.136. The Balaban J connectivity index is 3.15. The lowest BCUT2D eigenvalue weighted by molar-refractivity contribution is 0.0595. The standard InChI is InChI=1S/C11H15FN2O4S/c1-18-11(15)9-7-8(12)3-4-10(9)19(16,17)14-6-2-5-13/h3-4,7,14H,2,5-6,13H2,1H3. The lowest BCUT2D eigenvalue weighted by atomic mass is 10.2. The van der Waals surface area contributed by atoms with Gasteiger partial charge in [-0.2, -0.15) is 0 Å². The molecule has 0 amide bonds. The Bertz CT molecular complexity index is 560. The molecule has 0 saturated heterocycles. The molecule has 0 fully saturated rings. The van der Waals surface area contributed by atoms with Gasteiger partial charge >= 0.3 is 5.97 Å². The lowest BCUT2D eigenvalue weighted by Crippen LogP contribution is -2.28. The number of esters is 1. The van der Waals surface area contributed by atoms with Gasteiger partial charge in [-0.1, -0.05) is 0 Å². The Morgan fingerprint density at radius 1 is 1.47 bits per heavy atom. The molecule has 6 nitrogen and oxygen atoms in total. The van der Waals surface area contributed by atoms with Crippen LogP contribution in [0.1, 0.15) is 16.8 Å². The Kier molecular flexibility index (Phi) is 5.40. The molecule has 19 heavy (non-hydrogen) atoms. The number of hydrogen-bond acceptors (Lipinski definition) is 5. The van der Waals surface area contributed by atoms with Crippen molar-refractivity contribution in [3.05, 3.63) is 29.6 Å². The van der Waals surface area contributed by atoms with Crippen LogP contribution < -0.4 is 10.5 Å². The van der Waals surface area contributed by atoms with E-state index in [1.807, 2.05) is 0 Å². The molecule has 1 rings (SSSR count). The van der Waals surface area contributed by atoms with Crippen LogP contribution in [-0.4, -0.2) is 34.6 Å². The highest BCUT2D eigenvalue weighted by Gasteiger charge is 2.23. The van der Waals surface area contributed by atoms with Crippen LogP contribution in [0.2, 0.25) is 0 Å². The summed E-state index contributed by atoms with van der Waals surface area (Å²) >= 11 is 0. The Labute approximate surface area is 110 Å². The number of carbonyl (C=O) groups is 1. The third-order valence-corrected chi connectivity index (χ3v) is 3.83. The highest BCUT2D eigenvalue weighted by atomic mass is 32.2. The molecule has 0 saturated carbocycles. The van der Waals surface area contributed by atoms with Gasteiger partial charge in [0, 0.05) is 6.54 Å². The molecule has 3 N–H and O–H groups in total. The molecule has 1 aromatic rings. The molecule has 0 atom stereocenters. The van der Waals surface area contributed by atoms with Crippen LogP contribution in [0, 0.1) is 5.82 Å². The number of halogens is 1. The van der Waals surface area contributed by atoms with Gasteiger partial charge in [-0.3, -0.25) is 0 Å². The molecule has 8 heteroatoms. The first-order valence-electron chi connectivity index (χ1n) is 5.50. The van der Waals surface area contributed by atoms with Crippen molar-refractivity contribution in [3.8, 4) is 0 Å². The van der Waals surface area contributed by atoms with Crippen LogP contribution in [0.25, 0.3) is 0 Å². The SMILES string of the molecule is COC(=O)c1cc(F)ccc1S(=O)(=O)NCCCN. The normalized spacial score (nSPS) is 11.3. The first-order chi connectivity index (χ1) is 8.92. The van der Waals surface area contributed by atoms with Gasteiger partial charge in [-0.25, -0.2) is 22.3 Å². The average Bonchev–Trinajstić information content (AvgIpc) is 2.37. The Hall–Kier alpha value is -1.51. The van der Waals surface area contributed by atoms with Gasteiger partial charge in [-0.15, -0.1) is 0 Å². The summed E-state index contributed by atoms with van der Waals surface area (Å²) in [5.41, 5.74) is 4.91. The van der Waals surface area contributed by atoms with E-state index >= 15 is 0 Å². The van der Waals surface area contributed by atoms with Crippen LogP contribution in [0.5, 0.6) is 0 Å². The van der Waals surface area contributed by atoms with E-state index in [0.717, 1.165) is 25.3 Å². The van der Waals surface area contributed by atoms with Crippen LogP contribution in [0.4, 0.5) is 4.39 Å². The average molecular weight is 290 g/mol. The van der Waals surface area contributed by atoms with E-state index in [1.165, 1.54) is 0 Å². The fourth-order valence-electron chi connectivity index (χ4n) is 1.39. The zero-order valence-electron chi connectivity index (χ0n) is 10.3. The van der Waals surface area contributed by atoms with Crippen molar-refractivity contribution in [2.45, 2.75) is 11.3 Å². The van der Waals surface area contributed by atoms with Crippen molar-refractivity contribution in [1.29, 1.82) is 0 Å². The molecule has 1 aromatic carbocycles. The number of nitrogens with one attached hydrogen (secondary N) is 1.